The Labute approximate surface area is 85.5 Å². The van der Waals surface area contributed by atoms with Gasteiger partial charge in [0.25, 0.3) is 0 Å². The first-order chi connectivity index (χ1) is 6.51. The summed E-state index contributed by atoms with van der Waals surface area (Å²) in [6, 6.07) is 7.72. The maximum Gasteiger partial charge on any atom is 0.120 e. The Kier molecular flexibility index (Phi) is 3.53. The van der Waals surface area contributed by atoms with Crippen molar-refractivity contribution in [3.63, 3.8) is 0 Å². The lowest BCUT2D eigenvalue weighted by Crippen LogP contribution is -2.22. The Morgan fingerprint density at radius 3 is 2.57 bits per heavy atom. The van der Waals surface area contributed by atoms with E-state index in [1.807, 2.05) is 45.0 Å². The first-order valence-corrected chi connectivity index (χ1v) is 4.87. The van der Waals surface area contributed by atoms with Gasteiger partial charge in [0.2, 0.25) is 0 Å². The lowest BCUT2D eigenvalue weighted by atomic mass is 10.1. The summed E-state index contributed by atoms with van der Waals surface area (Å²) in [5.41, 5.74) is 0.859. The van der Waals surface area contributed by atoms with Crippen molar-refractivity contribution in [2.24, 2.45) is 0 Å². The Balaban J connectivity index is 2.73. The van der Waals surface area contributed by atoms with Gasteiger partial charge in [-0.25, -0.2) is 5.11 Å². The summed E-state index contributed by atoms with van der Waals surface area (Å²) in [7, 11) is 0. The third-order valence-corrected chi connectivity index (χ3v) is 1.71. The topological polar surface area (TPSA) is 29.1 Å². The van der Waals surface area contributed by atoms with Crippen molar-refractivity contribution in [3.8, 4) is 5.75 Å². The molecule has 0 saturated heterocycles. The van der Waals surface area contributed by atoms with Crippen LogP contribution < -0.4 is 4.74 Å². The van der Waals surface area contributed by atoms with Crippen LogP contribution in [0.2, 0.25) is 0 Å². The molecule has 0 spiro atoms. The van der Waals surface area contributed by atoms with Crippen molar-refractivity contribution in [2.45, 2.75) is 32.8 Å². The molecule has 0 amide bonds. The Morgan fingerprint density at radius 2 is 2.00 bits per heavy atom. The predicted molar refractivity (Wildman–Crippen MR) is 56.1 cm³/mol. The summed E-state index contributed by atoms with van der Waals surface area (Å²) < 4.78 is 5.69. The lowest BCUT2D eigenvalue weighted by Gasteiger charge is -2.21. The van der Waals surface area contributed by atoms with Crippen LogP contribution in [0.4, 0.5) is 0 Å². The second-order valence-corrected chi connectivity index (χ2v) is 4.32. The van der Waals surface area contributed by atoms with Crippen LogP contribution in [0, 0.1) is 0 Å². The van der Waals surface area contributed by atoms with Crippen molar-refractivity contribution < 1.29 is 9.84 Å². The average Bonchev–Trinajstić information content (AvgIpc) is 2.02. The zero-order chi connectivity index (χ0) is 10.6. The van der Waals surface area contributed by atoms with Crippen LogP contribution in [-0.2, 0) is 11.5 Å². The van der Waals surface area contributed by atoms with E-state index in [-0.39, 0.29) is 12.2 Å². The van der Waals surface area contributed by atoms with Gasteiger partial charge in [0.1, 0.15) is 11.4 Å². The molecule has 0 atom stereocenters. The van der Waals surface area contributed by atoms with Gasteiger partial charge in [0.05, 0.1) is 6.61 Å². The van der Waals surface area contributed by atoms with E-state index in [1.165, 1.54) is 0 Å². The van der Waals surface area contributed by atoms with Gasteiger partial charge in [0, 0.05) is 0 Å². The average molecular weight is 193 g/mol. The highest BCUT2D eigenvalue weighted by atomic mass is 16.5. The quantitative estimate of drug-likeness (QED) is 0.725. The molecule has 0 aliphatic heterocycles. The molecule has 1 radical (unpaired) electrons. The highest BCUT2D eigenvalue weighted by Gasteiger charge is 2.11. The second kappa shape index (κ2) is 4.47. The number of rotatable bonds is 3. The third kappa shape index (κ3) is 3.79. The summed E-state index contributed by atoms with van der Waals surface area (Å²) in [6.45, 7) is 5.95. The van der Waals surface area contributed by atoms with E-state index < -0.39 is 0 Å². The first-order valence-electron chi connectivity index (χ1n) is 4.87. The normalized spacial score (nSPS) is 11.4. The fourth-order valence-corrected chi connectivity index (χ4v) is 1.24. The summed E-state index contributed by atoms with van der Waals surface area (Å²) in [5.74, 6) is 0.837. The number of ether oxygens (including phenoxy) is 1. The van der Waals surface area contributed by atoms with Gasteiger partial charge in [-0.3, -0.25) is 0 Å². The summed E-state index contributed by atoms with van der Waals surface area (Å²) in [5, 5.41) is 10.5. The minimum atomic E-state index is -0.184. The molecule has 0 N–H and O–H groups in total. The zero-order valence-corrected chi connectivity index (χ0v) is 9.04. The van der Waals surface area contributed by atoms with Crippen LogP contribution in [0.5, 0.6) is 5.75 Å². The van der Waals surface area contributed by atoms with Gasteiger partial charge in [-0.1, -0.05) is 12.1 Å². The molecule has 1 rings (SSSR count). The van der Waals surface area contributed by atoms with Crippen molar-refractivity contribution in [1.82, 2.24) is 0 Å². The molecule has 0 saturated carbocycles. The van der Waals surface area contributed by atoms with Gasteiger partial charge >= 0.3 is 0 Å². The molecule has 14 heavy (non-hydrogen) atoms. The van der Waals surface area contributed by atoms with Gasteiger partial charge in [0.15, 0.2) is 0 Å². The van der Waals surface area contributed by atoms with Crippen LogP contribution in [-0.4, -0.2) is 12.2 Å². The van der Waals surface area contributed by atoms with E-state index in [2.05, 4.69) is 0 Å². The molecule has 0 aromatic heterocycles. The molecular weight excluding hydrogens is 176 g/mol. The Morgan fingerprint density at radius 1 is 1.29 bits per heavy atom. The molecule has 2 nitrogen and oxygen atoms in total. The number of hydrogen-bond donors (Lipinski definition) is 0. The molecule has 77 valence electrons. The molecule has 0 aliphatic carbocycles. The van der Waals surface area contributed by atoms with Crippen molar-refractivity contribution >= 4 is 0 Å². The van der Waals surface area contributed by atoms with E-state index in [1.54, 1.807) is 0 Å². The zero-order valence-electron chi connectivity index (χ0n) is 9.04. The Bertz CT molecular complexity index is 287. The highest BCUT2D eigenvalue weighted by molar-refractivity contribution is 5.29. The Hall–Kier alpha value is -1.02. The van der Waals surface area contributed by atoms with E-state index in [0.717, 1.165) is 11.3 Å². The molecule has 0 heterocycles. The molecule has 2 heteroatoms. The predicted octanol–water partition coefficient (Wildman–Crippen LogP) is 2.84. The van der Waals surface area contributed by atoms with E-state index in [4.69, 9.17) is 4.74 Å². The fourth-order valence-electron chi connectivity index (χ4n) is 1.24. The minimum Gasteiger partial charge on any atom is -0.488 e. The van der Waals surface area contributed by atoms with Crippen LogP contribution in [0.1, 0.15) is 26.3 Å². The van der Waals surface area contributed by atoms with Gasteiger partial charge in [-0.05, 0) is 44.9 Å². The maximum absolute atomic E-state index is 10.5. The number of benzene rings is 1. The van der Waals surface area contributed by atoms with E-state index in [0.29, 0.717) is 6.42 Å². The van der Waals surface area contributed by atoms with E-state index >= 15 is 0 Å². The first kappa shape index (κ1) is 11.1. The van der Waals surface area contributed by atoms with Gasteiger partial charge in [-0.15, -0.1) is 0 Å². The second-order valence-electron chi connectivity index (χ2n) is 4.32. The largest absolute Gasteiger partial charge is 0.488 e. The standard InChI is InChI=1S/C12H17O2/c1-12(2,3)14-11-6-4-5-10(9-11)7-8-13/h4-6,9H,7-8H2,1-3H3. The molecular formula is C12H17O2. The van der Waals surface area contributed by atoms with E-state index in [9.17, 15) is 5.11 Å². The van der Waals surface area contributed by atoms with Gasteiger partial charge < -0.3 is 4.74 Å². The minimum absolute atomic E-state index is 0.0705. The highest BCUT2D eigenvalue weighted by Crippen LogP contribution is 2.19. The SMILES string of the molecule is CC(C)(C)Oc1cccc(CC[O])c1. The smallest absolute Gasteiger partial charge is 0.120 e. The summed E-state index contributed by atoms with van der Waals surface area (Å²) >= 11 is 0. The van der Waals surface area contributed by atoms with Gasteiger partial charge in [-0.2, -0.15) is 0 Å². The molecule has 0 fully saturated rings. The third-order valence-electron chi connectivity index (χ3n) is 1.71. The molecule has 0 unspecified atom stereocenters. The summed E-state index contributed by atoms with van der Waals surface area (Å²) in [4.78, 5) is 0. The lowest BCUT2D eigenvalue weighted by molar-refractivity contribution is 0.130. The van der Waals surface area contributed by atoms with Crippen LogP contribution in [0.15, 0.2) is 24.3 Å². The molecule has 1 aromatic carbocycles. The monoisotopic (exact) mass is 193 g/mol. The number of hydrogen-bond acceptors (Lipinski definition) is 1. The van der Waals surface area contributed by atoms with Crippen molar-refractivity contribution in [3.05, 3.63) is 29.8 Å². The molecule has 0 aliphatic rings. The van der Waals surface area contributed by atoms with Crippen molar-refractivity contribution in [1.29, 1.82) is 0 Å². The molecule has 1 aromatic rings. The van der Waals surface area contributed by atoms with Crippen molar-refractivity contribution in [2.75, 3.05) is 6.61 Å². The maximum atomic E-state index is 10.5. The fraction of sp³-hybridized carbons (Fsp3) is 0.500. The molecule has 0 bridgehead atoms. The van der Waals surface area contributed by atoms with Crippen LogP contribution in [0.3, 0.4) is 0 Å². The van der Waals surface area contributed by atoms with Crippen LogP contribution >= 0.6 is 0 Å². The summed E-state index contributed by atoms with van der Waals surface area (Å²) in [6.07, 6.45) is 0.571. The van der Waals surface area contributed by atoms with Crippen LogP contribution in [0.25, 0.3) is 0 Å².